The summed E-state index contributed by atoms with van der Waals surface area (Å²) in [6, 6.07) is 5.70. The molecule has 1 aromatic carbocycles. The second kappa shape index (κ2) is 5.61. The average molecular weight is 292 g/mol. The van der Waals surface area contributed by atoms with Crippen LogP contribution in [-0.2, 0) is 6.54 Å². The van der Waals surface area contributed by atoms with E-state index >= 15 is 0 Å². The third kappa shape index (κ3) is 2.87. The highest BCUT2D eigenvalue weighted by molar-refractivity contribution is 5.42. The Labute approximate surface area is 123 Å². The van der Waals surface area contributed by atoms with E-state index in [4.69, 9.17) is 4.74 Å². The van der Waals surface area contributed by atoms with Gasteiger partial charge in [0.2, 0.25) is 0 Å². The van der Waals surface area contributed by atoms with Gasteiger partial charge in [-0.25, -0.2) is 0 Å². The molecule has 2 heterocycles. The Morgan fingerprint density at radius 2 is 2.00 bits per heavy atom. The SMILES string of the molecule is COc1cc(CN2C3CCC2CC(O)C3)cc([N+](=O)[O-])c1. The summed E-state index contributed by atoms with van der Waals surface area (Å²) in [5.74, 6) is 0.517. The van der Waals surface area contributed by atoms with Crippen LogP contribution in [0.4, 0.5) is 5.69 Å². The summed E-state index contributed by atoms with van der Waals surface area (Å²) in [5, 5.41) is 20.8. The van der Waals surface area contributed by atoms with Gasteiger partial charge in [-0.3, -0.25) is 15.0 Å². The average Bonchev–Trinajstić information content (AvgIpc) is 2.70. The molecule has 3 rings (SSSR count). The molecule has 1 N–H and O–H groups in total. The Kier molecular flexibility index (Phi) is 3.82. The molecule has 2 aliphatic heterocycles. The van der Waals surface area contributed by atoms with E-state index < -0.39 is 0 Å². The molecule has 114 valence electrons. The van der Waals surface area contributed by atoms with Crippen LogP contribution >= 0.6 is 0 Å². The molecular formula is C15H20N2O4. The number of piperidine rings is 1. The first-order valence-corrected chi connectivity index (χ1v) is 7.33. The van der Waals surface area contributed by atoms with E-state index in [1.165, 1.54) is 13.2 Å². The van der Waals surface area contributed by atoms with Crippen LogP contribution in [-0.4, -0.2) is 40.2 Å². The fraction of sp³-hybridized carbons (Fsp3) is 0.600. The molecular weight excluding hydrogens is 272 g/mol. The highest BCUT2D eigenvalue weighted by Crippen LogP contribution is 2.37. The van der Waals surface area contributed by atoms with Crippen LogP contribution in [0.1, 0.15) is 31.2 Å². The van der Waals surface area contributed by atoms with Crippen molar-refractivity contribution in [3.05, 3.63) is 33.9 Å². The number of benzene rings is 1. The third-order valence-corrected chi connectivity index (χ3v) is 4.62. The Bertz CT molecular complexity index is 534. The van der Waals surface area contributed by atoms with Crippen molar-refractivity contribution in [1.82, 2.24) is 4.90 Å². The van der Waals surface area contributed by atoms with Gasteiger partial charge in [0.1, 0.15) is 5.75 Å². The monoisotopic (exact) mass is 292 g/mol. The molecule has 6 nitrogen and oxygen atoms in total. The number of hydrogen-bond donors (Lipinski definition) is 1. The zero-order valence-electron chi connectivity index (χ0n) is 12.1. The van der Waals surface area contributed by atoms with E-state index in [2.05, 4.69) is 4.90 Å². The van der Waals surface area contributed by atoms with Gasteiger partial charge < -0.3 is 9.84 Å². The van der Waals surface area contributed by atoms with Gasteiger partial charge in [0.05, 0.1) is 24.2 Å². The zero-order chi connectivity index (χ0) is 15.0. The molecule has 6 heteroatoms. The minimum atomic E-state index is -0.388. The van der Waals surface area contributed by atoms with Crippen LogP contribution in [0.15, 0.2) is 18.2 Å². The van der Waals surface area contributed by atoms with Crippen LogP contribution in [0.3, 0.4) is 0 Å². The lowest BCUT2D eigenvalue weighted by molar-refractivity contribution is -0.385. The summed E-state index contributed by atoms with van der Waals surface area (Å²) >= 11 is 0. The summed E-state index contributed by atoms with van der Waals surface area (Å²) in [6.07, 6.45) is 3.63. The van der Waals surface area contributed by atoms with Gasteiger partial charge in [0.25, 0.3) is 5.69 Å². The van der Waals surface area contributed by atoms with Crippen LogP contribution in [0, 0.1) is 10.1 Å². The van der Waals surface area contributed by atoms with Crippen molar-refractivity contribution in [3.8, 4) is 5.75 Å². The van der Waals surface area contributed by atoms with E-state index in [1.54, 1.807) is 6.07 Å². The largest absolute Gasteiger partial charge is 0.496 e. The van der Waals surface area contributed by atoms with Crippen LogP contribution < -0.4 is 4.74 Å². The number of fused-ring (bicyclic) bond motifs is 2. The molecule has 0 radical (unpaired) electrons. The number of nitrogens with zero attached hydrogens (tertiary/aromatic N) is 2. The second-order valence-corrected chi connectivity index (χ2v) is 5.98. The first-order valence-electron chi connectivity index (χ1n) is 7.33. The van der Waals surface area contributed by atoms with Gasteiger partial charge in [-0.15, -0.1) is 0 Å². The van der Waals surface area contributed by atoms with E-state index in [1.807, 2.05) is 6.07 Å². The molecule has 1 aromatic rings. The molecule has 0 saturated carbocycles. The molecule has 21 heavy (non-hydrogen) atoms. The van der Waals surface area contributed by atoms with Crippen molar-refractivity contribution >= 4 is 5.69 Å². The molecule has 0 amide bonds. The summed E-state index contributed by atoms with van der Waals surface area (Å²) in [7, 11) is 1.52. The minimum Gasteiger partial charge on any atom is -0.496 e. The Morgan fingerprint density at radius 3 is 2.57 bits per heavy atom. The first-order chi connectivity index (χ1) is 10.1. The van der Waals surface area contributed by atoms with Gasteiger partial charge in [-0.2, -0.15) is 0 Å². The van der Waals surface area contributed by atoms with Crippen molar-refractivity contribution in [2.45, 2.75) is 50.4 Å². The van der Waals surface area contributed by atoms with Crippen LogP contribution in [0.2, 0.25) is 0 Å². The summed E-state index contributed by atoms with van der Waals surface area (Å²) in [4.78, 5) is 13.0. The normalized spacial score (nSPS) is 28.6. The van der Waals surface area contributed by atoms with Crippen molar-refractivity contribution in [3.63, 3.8) is 0 Å². The molecule has 2 aliphatic rings. The molecule has 0 spiro atoms. The first kappa shape index (κ1) is 14.3. The topological polar surface area (TPSA) is 75.8 Å². The minimum absolute atomic E-state index is 0.0636. The lowest BCUT2D eigenvalue weighted by atomic mass is 9.99. The lowest BCUT2D eigenvalue weighted by Gasteiger charge is -2.37. The highest BCUT2D eigenvalue weighted by Gasteiger charge is 2.40. The standard InChI is InChI=1S/C15H20N2O4/c1-21-15-5-10(4-13(8-15)17(19)20)9-16-11-2-3-12(16)7-14(18)6-11/h4-5,8,11-12,14,18H,2-3,6-7,9H2,1H3. The Hall–Kier alpha value is -1.66. The van der Waals surface area contributed by atoms with Gasteiger partial charge in [0, 0.05) is 24.7 Å². The maximum absolute atomic E-state index is 11.0. The Morgan fingerprint density at radius 1 is 1.33 bits per heavy atom. The fourth-order valence-corrected chi connectivity index (χ4v) is 3.67. The molecule has 0 aliphatic carbocycles. The van der Waals surface area contributed by atoms with Gasteiger partial charge >= 0.3 is 0 Å². The van der Waals surface area contributed by atoms with Gasteiger partial charge in [0.15, 0.2) is 0 Å². The summed E-state index contributed by atoms with van der Waals surface area (Å²) in [5.41, 5.74) is 0.961. The summed E-state index contributed by atoms with van der Waals surface area (Å²) in [6.45, 7) is 0.681. The Balaban J connectivity index is 1.82. The third-order valence-electron chi connectivity index (χ3n) is 4.62. The van der Waals surface area contributed by atoms with Crippen LogP contribution in [0.25, 0.3) is 0 Å². The molecule has 2 unspecified atom stereocenters. The number of aliphatic hydroxyl groups is 1. The quantitative estimate of drug-likeness (QED) is 0.679. The predicted molar refractivity (Wildman–Crippen MR) is 77.2 cm³/mol. The second-order valence-electron chi connectivity index (χ2n) is 5.98. The fourth-order valence-electron chi connectivity index (χ4n) is 3.67. The molecule has 2 atom stereocenters. The highest BCUT2D eigenvalue weighted by atomic mass is 16.6. The number of methoxy groups -OCH3 is 1. The van der Waals surface area contributed by atoms with E-state index in [0.29, 0.717) is 24.4 Å². The summed E-state index contributed by atoms with van der Waals surface area (Å²) < 4.78 is 5.16. The van der Waals surface area contributed by atoms with E-state index in [9.17, 15) is 15.2 Å². The number of hydrogen-bond acceptors (Lipinski definition) is 5. The zero-order valence-corrected chi connectivity index (χ0v) is 12.1. The number of ether oxygens (including phenoxy) is 1. The number of non-ortho nitro benzene ring substituents is 1. The molecule has 2 fully saturated rings. The number of nitro benzene ring substituents is 1. The molecule has 2 saturated heterocycles. The van der Waals surface area contributed by atoms with Crippen molar-refractivity contribution in [2.24, 2.45) is 0 Å². The number of nitro groups is 1. The van der Waals surface area contributed by atoms with Crippen molar-refractivity contribution in [2.75, 3.05) is 7.11 Å². The van der Waals surface area contributed by atoms with Crippen LogP contribution in [0.5, 0.6) is 5.75 Å². The number of aliphatic hydroxyl groups excluding tert-OH is 1. The smallest absolute Gasteiger partial charge is 0.273 e. The molecule has 2 bridgehead atoms. The maximum atomic E-state index is 11.0. The number of rotatable bonds is 4. The van der Waals surface area contributed by atoms with Gasteiger partial charge in [-0.1, -0.05) is 0 Å². The van der Waals surface area contributed by atoms with Gasteiger partial charge in [-0.05, 0) is 37.3 Å². The maximum Gasteiger partial charge on any atom is 0.273 e. The van der Waals surface area contributed by atoms with Crippen molar-refractivity contribution in [1.29, 1.82) is 0 Å². The van der Waals surface area contributed by atoms with E-state index in [0.717, 1.165) is 31.2 Å². The predicted octanol–water partition coefficient (Wildman–Crippen LogP) is 2.09. The van der Waals surface area contributed by atoms with Crippen molar-refractivity contribution < 1.29 is 14.8 Å². The van der Waals surface area contributed by atoms with E-state index in [-0.39, 0.29) is 16.7 Å². The lowest BCUT2D eigenvalue weighted by Crippen LogP contribution is -2.44. The molecule has 0 aromatic heterocycles.